The number of hydroxylamine groups is 1. The minimum absolute atomic E-state index is 0.176. The van der Waals surface area contributed by atoms with E-state index in [1.54, 1.807) is 30.3 Å². The van der Waals surface area contributed by atoms with Gasteiger partial charge in [0.25, 0.3) is 11.8 Å². The van der Waals surface area contributed by atoms with Gasteiger partial charge in [-0.1, -0.05) is 18.2 Å². The lowest BCUT2D eigenvalue weighted by Crippen LogP contribution is -2.35. The Hall–Kier alpha value is -2.96. The Morgan fingerprint density at radius 2 is 1.83 bits per heavy atom. The van der Waals surface area contributed by atoms with Crippen LogP contribution in [0.25, 0.3) is 0 Å². The number of hydrogen-bond acceptors (Lipinski definition) is 7. The van der Waals surface area contributed by atoms with E-state index in [2.05, 4.69) is 5.32 Å². The largest absolute Gasteiger partial charge is 0.508 e. The normalized spacial score (nSPS) is 12.8. The average Bonchev–Trinajstić information content (AvgIpc) is 2.75. The Balaban J connectivity index is 2.29. The molecule has 0 radical (unpaired) electrons. The van der Waals surface area contributed by atoms with E-state index in [0.717, 1.165) is 9.65 Å². The second-order valence-corrected chi connectivity index (χ2v) is 7.13. The zero-order chi connectivity index (χ0) is 22.1. The molecule has 2 rings (SSSR count). The molecule has 0 aliphatic carbocycles. The van der Waals surface area contributed by atoms with Gasteiger partial charge in [-0.15, -0.1) is 0 Å². The fourth-order valence-electron chi connectivity index (χ4n) is 2.48. The summed E-state index contributed by atoms with van der Waals surface area (Å²) in [6, 6.07) is 12.7. The number of carbonyl (C=O) groups excluding carboxylic acids is 3. The van der Waals surface area contributed by atoms with Crippen molar-refractivity contribution in [3.05, 3.63) is 75.4 Å². The number of nitrogens with one attached hydrogen (secondary N) is 2. The highest BCUT2D eigenvalue weighted by atomic mass is 127. The molecule has 0 heterocycles. The lowest BCUT2D eigenvalue weighted by Gasteiger charge is -2.25. The van der Waals surface area contributed by atoms with E-state index in [9.17, 15) is 19.5 Å². The van der Waals surface area contributed by atoms with E-state index in [1.165, 1.54) is 36.9 Å². The molecule has 0 aliphatic heterocycles. The summed E-state index contributed by atoms with van der Waals surface area (Å²) in [4.78, 5) is 35.9. The first-order valence-electron chi connectivity index (χ1n) is 8.56. The standard InChI is InChI=1S/C20H19IN2O7/c1-29-16(9-10-17(25)23-28)18(14-11-13(21)7-8-15(14)24)30-20(27)22-19(26)12-5-3-2-4-6-12/h2-11,16,18,24,28H,1H3,(H,23,25)(H,22,26,27)/b10-9+/t16-,18-/m1/s1. The maximum absolute atomic E-state index is 12.4. The Bertz CT molecular complexity index is 934. The van der Waals surface area contributed by atoms with Gasteiger partial charge in [0, 0.05) is 27.9 Å². The molecule has 3 amide bonds. The van der Waals surface area contributed by atoms with Gasteiger partial charge in [0.15, 0.2) is 6.10 Å². The van der Waals surface area contributed by atoms with Crippen LogP contribution in [0.3, 0.4) is 0 Å². The van der Waals surface area contributed by atoms with Gasteiger partial charge < -0.3 is 14.6 Å². The van der Waals surface area contributed by atoms with Gasteiger partial charge in [-0.25, -0.2) is 10.3 Å². The number of halogens is 1. The van der Waals surface area contributed by atoms with Gasteiger partial charge >= 0.3 is 6.09 Å². The van der Waals surface area contributed by atoms with Crippen molar-refractivity contribution in [3.8, 4) is 5.75 Å². The molecule has 0 saturated carbocycles. The number of hydrogen-bond donors (Lipinski definition) is 4. The smallest absolute Gasteiger partial charge is 0.414 e. The molecule has 0 unspecified atom stereocenters. The van der Waals surface area contributed by atoms with Crippen molar-refractivity contribution in [1.29, 1.82) is 0 Å². The number of ether oxygens (including phenoxy) is 2. The minimum atomic E-state index is -1.21. The highest BCUT2D eigenvalue weighted by Crippen LogP contribution is 2.32. The molecule has 0 fully saturated rings. The molecular formula is C20H19IN2O7. The SMILES string of the molecule is CO[C@H](/C=C/C(=O)NO)[C@H](OC(=O)NC(=O)c1ccccc1)c1cc(I)ccc1O. The molecule has 0 aromatic heterocycles. The first-order chi connectivity index (χ1) is 14.3. The molecule has 2 aromatic carbocycles. The molecule has 0 aliphatic rings. The number of methoxy groups -OCH3 is 1. The first kappa shape index (κ1) is 23.3. The molecule has 30 heavy (non-hydrogen) atoms. The second kappa shape index (κ2) is 11.3. The van der Waals surface area contributed by atoms with Crippen LogP contribution in [0, 0.1) is 3.57 Å². The van der Waals surface area contributed by atoms with Crippen LogP contribution in [0.15, 0.2) is 60.7 Å². The van der Waals surface area contributed by atoms with Crippen LogP contribution in [-0.4, -0.2) is 41.4 Å². The maximum atomic E-state index is 12.4. The Morgan fingerprint density at radius 1 is 1.13 bits per heavy atom. The van der Waals surface area contributed by atoms with Gasteiger partial charge in [0.05, 0.1) is 0 Å². The van der Waals surface area contributed by atoms with Crippen molar-refractivity contribution in [2.45, 2.75) is 12.2 Å². The highest BCUT2D eigenvalue weighted by Gasteiger charge is 2.29. The molecule has 158 valence electrons. The predicted molar refractivity (Wildman–Crippen MR) is 114 cm³/mol. The van der Waals surface area contributed by atoms with Gasteiger partial charge in [0.2, 0.25) is 0 Å². The van der Waals surface area contributed by atoms with E-state index in [0.29, 0.717) is 0 Å². The molecule has 0 spiro atoms. The first-order valence-corrected chi connectivity index (χ1v) is 9.64. The Labute approximate surface area is 185 Å². The molecule has 2 atom stereocenters. The molecule has 0 bridgehead atoms. The van der Waals surface area contributed by atoms with E-state index in [4.69, 9.17) is 14.7 Å². The summed E-state index contributed by atoms with van der Waals surface area (Å²) in [5, 5.41) is 21.0. The highest BCUT2D eigenvalue weighted by molar-refractivity contribution is 14.1. The maximum Gasteiger partial charge on any atom is 0.414 e. The van der Waals surface area contributed by atoms with Crippen molar-refractivity contribution in [2.24, 2.45) is 0 Å². The average molecular weight is 526 g/mol. The summed E-state index contributed by atoms with van der Waals surface area (Å²) in [5.74, 6) is -1.67. The van der Waals surface area contributed by atoms with Crippen LogP contribution in [0.4, 0.5) is 4.79 Å². The monoisotopic (exact) mass is 526 g/mol. The predicted octanol–water partition coefficient (Wildman–Crippen LogP) is 2.68. The summed E-state index contributed by atoms with van der Waals surface area (Å²) >= 11 is 2.01. The van der Waals surface area contributed by atoms with Gasteiger partial charge in [-0.3, -0.25) is 20.1 Å². The van der Waals surface area contributed by atoms with Crippen molar-refractivity contribution in [1.82, 2.24) is 10.8 Å². The van der Waals surface area contributed by atoms with Crippen molar-refractivity contribution in [2.75, 3.05) is 7.11 Å². The van der Waals surface area contributed by atoms with E-state index < -0.39 is 30.1 Å². The fraction of sp³-hybridized carbons (Fsp3) is 0.150. The summed E-state index contributed by atoms with van der Waals surface area (Å²) in [6.07, 6.45) is -1.10. The number of benzene rings is 2. The van der Waals surface area contributed by atoms with Crippen LogP contribution >= 0.6 is 22.6 Å². The molecule has 0 saturated heterocycles. The van der Waals surface area contributed by atoms with Crippen LogP contribution in [-0.2, 0) is 14.3 Å². The summed E-state index contributed by atoms with van der Waals surface area (Å²) in [5.41, 5.74) is 1.89. The number of rotatable bonds is 7. The molecule has 2 aromatic rings. The van der Waals surface area contributed by atoms with Gasteiger partial charge in [-0.2, -0.15) is 0 Å². The number of alkyl carbamates (subject to hydrolysis) is 1. The third-order valence-electron chi connectivity index (χ3n) is 3.90. The minimum Gasteiger partial charge on any atom is -0.508 e. The Kier molecular flexibility index (Phi) is 8.77. The van der Waals surface area contributed by atoms with Crippen molar-refractivity contribution in [3.63, 3.8) is 0 Å². The third-order valence-corrected chi connectivity index (χ3v) is 4.57. The Morgan fingerprint density at radius 3 is 2.47 bits per heavy atom. The number of aromatic hydroxyl groups is 1. The molecule has 10 heteroatoms. The number of phenolic OH excluding ortho intramolecular Hbond substituents is 1. The molecule has 4 N–H and O–H groups in total. The summed E-state index contributed by atoms with van der Waals surface area (Å²) in [6.45, 7) is 0. The fourth-order valence-corrected chi connectivity index (χ4v) is 3.00. The van der Waals surface area contributed by atoms with Crippen molar-refractivity contribution >= 4 is 40.5 Å². The zero-order valence-electron chi connectivity index (χ0n) is 15.7. The topological polar surface area (TPSA) is 134 Å². The van der Waals surface area contributed by atoms with Crippen LogP contribution in [0.1, 0.15) is 22.0 Å². The lowest BCUT2D eigenvalue weighted by atomic mass is 10.0. The van der Waals surface area contributed by atoms with Crippen LogP contribution < -0.4 is 10.8 Å². The van der Waals surface area contributed by atoms with Crippen LogP contribution in [0.2, 0.25) is 0 Å². The molecule has 9 nitrogen and oxygen atoms in total. The summed E-state index contributed by atoms with van der Waals surface area (Å²) < 4.78 is 11.4. The third kappa shape index (κ3) is 6.54. The zero-order valence-corrected chi connectivity index (χ0v) is 17.9. The van der Waals surface area contributed by atoms with E-state index >= 15 is 0 Å². The number of amides is 3. The van der Waals surface area contributed by atoms with Gasteiger partial charge in [0.1, 0.15) is 11.9 Å². The number of phenols is 1. The number of carbonyl (C=O) groups is 3. The summed E-state index contributed by atoms with van der Waals surface area (Å²) in [7, 11) is 1.31. The lowest BCUT2D eigenvalue weighted by molar-refractivity contribution is -0.124. The van der Waals surface area contributed by atoms with Gasteiger partial charge in [-0.05, 0) is 59.0 Å². The molecular weight excluding hydrogens is 507 g/mol. The van der Waals surface area contributed by atoms with E-state index in [-0.39, 0.29) is 16.9 Å². The van der Waals surface area contributed by atoms with Crippen LogP contribution in [0.5, 0.6) is 5.75 Å². The quantitative estimate of drug-likeness (QED) is 0.189. The van der Waals surface area contributed by atoms with Crippen molar-refractivity contribution < 1.29 is 34.2 Å². The number of imide groups is 1. The van der Waals surface area contributed by atoms with E-state index in [1.807, 2.05) is 22.6 Å². The second-order valence-electron chi connectivity index (χ2n) is 5.88.